The van der Waals surface area contributed by atoms with Gasteiger partial charge in [0, 0.05) is 25.0 Å². The average Bonchev–Trinajstić information content (AvgIpc) is 3.12. The van der Waals surface area contributed by atoms with E-state index in [1.807, 2.05) is 49.0 Å². The zero-order valence-corrected chi connectivity index (χ0v) is 15.7. The van der Waals surface area contributed by atoms with E-state index in [1.165, 1.54) is 0 Å². The summed E-state index contributed by atoms with van der Waals surface area (Å²) in [5.41, 5.74) is 1.48. The number of ether oxygens (including phenoxy) is 2. The number of amides is 1. The van der Waals surface area contributed by atoms with Crippen LogP contribution in [0, 0.1) is 0 Å². The predicted octanol–water partition coefficient (Wildman–Crippen LogP) is 3.35. The molecular weight excluding hydrogens is 342 g/mol. The minimum atomic E-state index is -0.380. The molecule has 0 spiro atoms. The molecule has 0 saturated heterocycles. The monoisotopic (exact) mass is 365 g/mol. The second kappa shape index (κ2) is 8.40. The topological polar surface area (TPSA) is 65.4 Å². The Morgan fingerprint density at radius 2 is 1.78 bits per heavy atom. The summed E-state index contributed by atoms with van der Waals surface area (Å²) in [5.74, 6) is 2.07. The minimum Gasteiger partial charge on any atom is -0.497 e. The van der Waals surface area contributed by atoms with E-state index in [4.69, 9.17) is 9.47 Å². The molecule has 0 radical (unpaired) electrons. The van der Waals surface area contributed by atoms with Crippen molar-refractivity contribution in [3.63, 3.8) is 0 Å². The summed E-state index contributed by atoms with van der Waals surface area (Å²) >= 11 is 0. The summed E-state index contributed by atoms with van der Waals surface area (Å²) in [5, 5.41) is 3.08. The number of carbonyl (C=O) groups excluding carboxylic acids is 1. The Balaban J connectivity index is 1.86. The Kier molecular flexibility index (Phi) is 5.76. The molecule has 0 aliphatic rings. The Morgan fingerprint density at radius 3 is 2.33 bits per heavy atom. The van der Waals surface area contributed by atoms with Gasteiger partial charge >= 0.3 is 0 Å². The van der Waals surface area contributed by atoms with Crippen LogP contribution >= 0.6 is 0 Å². The average molecular weight is 365 g/mol. The summed E-state index contributed by atoms with van der Waals surface area (Å²) < 4.78 is 12.6. The molecule has 0 bridgehead atoms. The highest BCUT2D eigenvalue weighted by molar-refractivity contribution is 5.94. The van der Waals surface area contributed by atoms with Crippen molar-refractivity contribution in [3.05, 3.63) is 77.9 Å². The van der Waals surface area contributed by atoms with Gasteiger partial charge in [-0.15, -0.1) is 0 Å². The third kappa shape index (κ3) is 4.28. The lowest BCUT2D eigenvalue weighted by Gasteiger charge is -2.19. The molecule has 1 heterocycles. The van der Waals surface area contributed by atoms with Crippen LogP contribution in [0.15, 0.2) is 60.9 Å². The van der Waals surface area contributed by atoms with E-state index < -0.39 is 0 Å². The van der Waals surface area contributed by atoms with Gasteiger partial charge in [0.2, 0.25) is 0 Å². The van der Waals surface area contributed by atoms with Gasteiger partial charge in [0.05, 0.1) is 13.7 Å². The van der Waals surface area contributed by atoms with E-state index in [1.54, 1.807) is 37.6 Å². The highest BCUT2D eigenvalue weighted by Gasteiger charge is 2.21. The lowest BCUT2D eigenvalue weighted by Crippen LogP contribution is -2.31. The number of carbonyl (C=O) groups is 1. The normalized spacial score (nSPS) is 11.7. The van der Waals surface area contributed by atoms with Crippen molar-refractivity contribution in [1.29, 1.82) is 0 Å². The van der Waals surface area contributed by atoms with E-state index in [0.29, 0.717) is 12.2 Å². The molecule has 0 aliphatic carbocycles. The van der Waals surface area contributed by atoms with Crippen molar-refractivity contribution in [1.82, 2.24) is 14.9 Å². The largest absolute Gasteiger partial charge is 0.497 e. The number of benzene rings is 2. The Hall–Kier alpha value is -3.28. The molecule has 1 N–H and O–H groups in total. The first-order valence-corrected chi connectivity index (χ1v) is 8.77. The summed E-state index contributed by atoms with van der Waals surface area (Å²) in [4.78, 5) is 17.2. The fraction of sp³-hybridized carbons (Fsp3) is 0.238. The number of hydrogen-bond donors (Lipinski definition) is 1. The zero-order valence-electron chi connectivity index (χ0n) is 15.7. The highest BCUT2D eigenvalue weighted by Crippen LogP contribution is 2.24. The number of methoxy groups -OCH3 is 1. The van der Waals surface area contributed by atoms with Crippen molar-refractivity contribution in [3.8, 4) is 11.5 Å². The van der Waals surface area contributed by atoms with E-state index in [2.05, 4.69) is 10.3 Å². The third-order valence-corrected chi connectivity index (χ3v) is 4.27. The van der Waals surface area contributed by atoms with Crippen LogP contribution in [-0.2, 0) is 7.05 Å². The van der Waals surface area contributed by atoms with Crippen LogP contribution < -0.4 is 14.8 Å². The molecule has 3 aromatic rings. The summed E-state index contributed by atoms with van der Waals surface area (Å²) in [7, 11) is 3.53. The van der Waals surface area contributed by atoms with Crippen molar-refractivity contribution in [2.75, 3.05) is 13.7 Å². The maximum Gasteiger partial charge on any atom is 0.252 e. The molecule has 3 rings (SSSR count). The number of aromatic nitrogens is 2. The molecule has 1 unspecified atom stereocenters. The van der Waals surface area contributed by atoms with Crippen LogP contribution in [0.5, 0.6) is 11.5 Å². The van der Waals surface area contributed by atoms with Gasteiger partial charge in [-0.25, -0.2) is 4.98 Å². The van der Waals surface area contributed by atoms with E-state index in [-0.39, 0.29) is 11.9 Å². The summed E-state index contributed by atoms with van der Waals surface area (Å²) in [6.07, 6.45) is 3.57. The van der Waals surface area contributed by atoms with Gasteiger partial charge < -0.3 is 19.4 Å². The van der Waals surface area contributed by atoms with E-state index in [0.717, 1.165) is 22.9 Å². The molecule has 6 nitrogen and oxygen atoms in total. The van der Waals surface area contributed by atoms with Crippen molar-refractivity contribution in [2.45, 2.75) is 13.0 Å². The third-order valence-electron chi connectivity index (χ3n) is 4.27. The first kappa shape index (κ1) is 18.5. The van der Waals surface area contributed by atoms with Gasteiger partial charge in [0.15, 0.2) is 0 Å². The Morgan fingerprint density at radius 1 is 1.11 bits per heavy atom. The first-order valence-electron chi connectivity index (χ1n) is 8.77. The van der Waals surface area contributed by atoms with Crippen LogP contribution in [0.4, 0.5) is 0 Å². The van der Waals surface area contributed by atoms with Gasteiger partial charge in [-0.05, 0) is 48.9 Å². The SMILES string of the molecule is CCOc1ccc(C(=O)NC(c2ccc(OC)cc2)c2nccn2C)cc1. The molecular formula is C21H23N3O3. The van der Waals surface area contributed by atoms with Crippen LogP contribution in [-0.4, -0.2) is 29.2 Å². The van der Waals surface area contributed by atoms with Crippen molar-refractivity contribution >= 4 is 5.91 Å². The molecule has 1 aromatic heterocycles. The number of rotatable bonds is 7. The minimum absolute atomic E-state index is 0.179. The molecule has 1 amide bonds. The van der Waals surface area contributed by atoms with Crippen LogP contribution in [0.1, 0.15) is 34.7 Å². The quantitative estimate of drug-likeness (QED) is 0.697. The molecule has 2 aromatic carbocycles. The van der Waals surface area contributed by atoms with Crippen molar-refractivity contribution in [2.24, 2.45) is 7.05 Å². The Bertz CT molecular complexity index is 886. The fourth-order valence-electron chi connectivity index (χ4n) is 2.83. The van der Waals surface area contributed by atoms with Gasteiger partial charge in [-0.1, -0.05) is 12.1 Å². The molecule has 1 atom stereocenters. The smallest absolute Gasteiger partial charge is 0.252 e. The second-order valence-corrected chi connectivity index (χ2v) is 6.03. The molecule has 0 fully saturated rings. The molecule has 0 saturated carbocycles. The van der Waals surface area contributed by atoms with E-state index >= 15 is 0 Å². The highest BCUT2D eigenvalue weighted by atomic mass is 16.5. The van der Waals surface area contributed by atoms with E-state index in [9.17, 15) is 4.79 Å². The molecule has 6 heteroatoms. The van der Waals surface area contributed by atoms with Gasteiger partial charge in [0.25, 0.3) is 5.91 Å². The Labute approximate surface area is 158 Å². The first-order chi connectivity index (χ1) is 13.1. The van der Waals surface area contributed by atoms with Crippen molar-refractivity contribution < 1.29 is 14.3 Å². The van der Waals surface area contributed by atoms with Crippen LogP contribution in [0.3, 0.4) is 0 Å². The number of nitrogens with one attached hydrogen (secondary N) is 1. The lowest BCUT2D eigenvalue weighted by atomic mass is 10.0. The maximum atomic E-state index is 12.8. The maximum absolute atomic E-state index is 12.8. The fourth-order valence-corrected chi connectivity index (χ4v) is 2.83. The summed E-state index contributed by atoms with van der Waals surface area (Å²) in [6.45, 7) is 2.51. The molecule has 27 heavy (non-hydrogen) atoms. The summed E-state index contributed by atoms with van der Waals surface area (Å²) in [6, 6.07) is 14.3. The van der Waals surface area contributed by atoms with Gasteiger partial charge in [-0.3, -0.25) is 4.79 Å². The zero-order chi connectivity index (χ0) is 19.2. The number of aryl methyl sites for hydroxylation is 1. The number of imidazole rings is 1. The predicted molar refractivity (Wildman–Crippen MR) is 103 cm³/mol. The van der Waals surface area contributed by atoms with Crippen LogP contribution in [0.25, 0.3) is 0 Å². The van der Waals surface area contributed by atoms with Gasteiger partial charge in [-0.2, -0.15) is 0 Å². The number of hydrogen-bond acceptors (Lipinski definition) is 4. The molecule has 0 aliphatic heterocycles. The number of nitrogens with zero attached hydrogens (tertiary/aromatic N) is 2. The standard InChI is InChI=1S/C21H23N3O3/c1-4-27-18-11-7-16(8-12-18)21(25)23-19(20-22-13-14-24(20)2)15-5-9-17(26-3)10-6-15/h5-14,19H,4H2,1-3H3,(H,23,25). The molecule has 140 valence electrons. The second-order valence-electron chi connectivity index (χ2n) is 6.03. The lowest BCUT2D eigenvalue weighted by molar-refractivity contribution is 0.0941. The van der Waals surface area contributed by atoms with Gasteiger partial charge in [0.1, 0.15) is 23.4 Å². The van der Waals surface area contributed by atoms with Crippen LogP contribution in [0.2, 0.25) is 0 Å².